The van der Waals surface area contributed by atoms with Gasteiger partial charge in [-0.2, -0.15) is 13.2 Å². The van der Waals surface area contributed by atoms with Crippen LogP contribution in [-0.2, 0) is 43.9 Å². The lowest BCUT2D eigenvalue weighted by Gasteiger charge is -2.39. The summed E-state index contributed by atoms with van der Waals surface area (Å²) in [6, 6.07) is 10.1. The van der Waals surface area contributed by atoms with Gasteiger partial charge in [0.15, 0.2) is 0 Å². The molecule has 0 saturated heterocycles. The van der Waals surface area contributed by atoms with Gasteiger partial charge in [0.2, 0.25) is 0 Å². The van der Waals surface area contributed by atoms with Crippen LogP contribution in [0.2, 0.25) is 0 Å². The first-order chi connectivity index (χ1) is 18.1. The summed E-state index contributed by atoms with van der Waals surface area (Å²) in [7, 11) is 3.49. The van der Waals surface area contributed by atoms with Crippen LogP contribution in [0.25, 0.3) is 0 Å². The van der Waals surface area contributed by atoms with E-state index >= 15 is 0 Å². The van der Waals surface area contributed by atoms with E-state index in [-0.39, 0.29) is 29.3 Å². The van der Waals surface area contributed by atoms with E-state index in [1.165, 1.54) is 11.0 Å². The maximum Gasteiger partial charge on any atom is 0.416 e. The Labute approximate surface area is 220 Å². The van der Waals surface area contributed by atoms with E-state index in [1.54, 1.807) is 25.6 Å². The van der Waals surface area contributed by atoms with E-state index in [0.29, 0.717) is 30.6 Å². The molecule has 1 fully saturated rings. The van der Waals surface area contributed by atoms with Gasteiger partial charge in [-0.15, -0.1) is 10.2 Å². The lowest BCUT2D eigenvalue weighted by molar-refractivity contribution is -0.138. The van der Waals surface area contributed by atoms with Crippen molar-refractivity contribution in [2.75, 3.05) is 12.0 Å². The zero-order valence-corrected chi connectivity index (χ0v) is 21.8. The summed E-state index contributed by atoms with van der Waals surface area (Å²) in [5.74, 6) is 0.371. The van der Waals surface area contributed by atoms with Gasteiger partial charge < -0.3 is 19.5 Å². The molecule has 0 spiro atoms. The number of carbonyl (C=O) groups is 1. The zero-order valence-electron chi connectivity index (χ0n) is 21.8. The molecule has 38 heavy (non-hydrogen) atoms. The molecule has 0 bridgehead atoms. The van der Waals surface area contributed by atoms with Crippen molar-refractivity contribution < 1.29 is 22.7 Å². The maximum absolute atomic E-state index is 14.1. The summed E-state index contributed by atoms with van der Waals surface area (Å²) in [4.78, 5) is 14.9. The quantitative estimate of drug-likeness (QED) is 0.432. The highest BCUT2D eigenvalue weighted by Crippen LogP contribution is 2.40. The molecule has 202 valence electrons. The SMILES string of the molecule is CO[C@@H](Cc1cccc(N2Cc3c(cc(CNC4(C)CCC4)cc3C(F)(F)F)C2=O)c1)Cc1nncn1C. The molecule has 1 N–H and O–H groups in total. The first-order valence-electron chi connectivity index (χ1n) is 12.8. The molecule has 0 radical (unpaired) electrons. The first kappa shape index (κ1) is 26.4. The first-order valence-corrected chi connectivity index (χ1v) is 12.8. The topological polar surface area (TPSA) is 72.3 Å². The van der Waals surface area contributed by atoms with Gasteiger partial charge in [0.25, 0.3) is 5.91 Å². The normalized spacial score (nSPS) is 17.4. The van der Waals surface area contributed by atoms with E-state index in [0.717, 1.165) is 30.7 Å². The summed E-state index contributed by atoms with van der Waals surface area (Å²) >= 11 is 0. The van der Waals surface area contributed by atoms with E-state index in [2.05, 4.69) is 22.4 Å². The minimum absolute atomic E-state index is 0.0311. The zero-order chi connectivity index (χ0) is 27.1. The van der Waals surface area contributed by atoms with Crippen molar-refractivity contribution in [2.24, 2.45) is 7.05 Å². The van der Waals surface area contributed by atoms with Crippen molar-refractivity contribution in [3.8, 4) is 0 Å². The average Bonchev–Trinajstić information content (AvgIpc) is 3.42. The largest absolute Gasteiger partial charge is 0.416 e. The third-order valence-corrected chi connectivity index (χ3v) is 7.82. The van der Waals surface area contributed by atoms with Gasteiger partial charge in [-0.25, -0.2) is 0 Å². The Kier molecular flexibility index (Phi) is 7.04. The number of nitrogens with one attached hydrogen (secondary N) is 1. The van der Waals surface area contributed by atoms with E-state index in [4.69, 9.17) is 4.74 Å². The third kappa shape index (κ3) is 5.33. The fraction of sp³-hybridized carbons (Fsp3) is 0.464. The van der Waals surface area contributed by atoms with Gasteiger partial charge in [-0.3, -0.25) is 4.79 Å². The number of amides is 1. The van der Waals surface area contributed by atoms with Gasteiger partial charge in [0.05, 0.1) is 18.2 Å². The van der Waals surface area contributed by atoms with Crippen LogP contribution < -0.4 is 10.2 Å². The Bertz CT molecular complexity index is 1330. The van der Waals surface area contributed by atoms with Gasteiger partial charge in [0.1, 0.15) is 12.2 Å². The van der Waals surface area contributed by atoms with E-state index in [9.17, 15) is 18.0 Å². The highest BCUT2D eigenvalue weighted by molar-refractivity contribution is 6.10. The molecule has 7 nitrogen and oxygen atoms in total. The molecule has 1 saturated carbocycles. The van der Waals surface area contributed by atoms with Crippen molar-refractivity contribution in [3.63, 3.8) is 0 Å². The van der Waals surface area contributed by atoms with Crippen LogP contribution in [0, 0.1) is 0 Å². The molecule has 1 aliphatic carbocycles. The van der Waals surface area contributed by atoms with Crippen molar-refractivity contribution in [1.82, 2.24) is 20.1 Å². The third-order valence-electron chi connectivity index (χ3n) is 7.82. The Hall–Kier alpha value is -3.24. The van der Waals surface area contributed by atoms with Crippen molar-refractivity contribution in [3.05, 3.63) is 76.4 Å². The summed E-state index contributed by atoms with van der Waals surface area (Å²) in [6.45, 7) is 2.25. The number of carbonyl (C=O) groups excluding carboxylic acids is 1. The standard InChI is InChI=1S/C28H32F3N5O2/c1-27(8-5-9-27)32-15-19-12-22-23(24(13-19)28(29,30)31)16-36(26(22)37)20-7-4-6-18(10-20)11-21(38-3)14-25-34-33-17-35(25)2/h4,6-7,10,12-13,17,21,32H,5,8-9,11,14-16H2,1-3H3/t21-/m0/s1. The number of nitrogens with zero attached hydrogens (tertiary/aromatic N) is 4. The molecule has 0 unspecified atom stereocenters. The molecule has 2 heterocycles. The second kappa shape index (κ2) is 10.1. The van der Waals surface area contributed by atoms with Gasteiger partial charge in [0, 0.05) is 43.9 Å². The number of alkyl halides is 3. The predicted molar refractivity (Wildman–Crippen MR) is 137 cm³/mol. The molecule has 2 aliphatic rings. The minimum atomic E-state index is -4.55. The number of fused-ring (bicyclic) bond motifs is 1. The highest BCUT2D eigenvalue weighted by atomic mass is 19.4. The van der Waals surface area contributed by atoms with Crippen molar-refractivity contribution in [1.29, 1.82) is 0 Å². The molecular formula is C28H32F3N5O2. The number of aromatic nitrogens is 3. The Morgan fingerprint density at radius 3 is 2.58 bits per heavy atom. The van der Waals surface area contributed by atoms with Crippen LogP contribution in [0.5, 0.6) is 0 Å². The second-order valence-corrected chi connectivity index (χ2v) is 10.6. The van der Waals surface area contributed by atoms with Crippen LogP contribution in [0.4, 0.5) is 18.9 Å². The number of halogens is 3. The number of methoxy groups -OCH3 is 1. The van der Waals surface area contributed by atoms with Crippen LogP contribution in [0.15, 0.2) is 42.7 Å². The number of anilines is 1. The number of hydrogen-bond donors (Lipinski definition) is 1. The monoisotopic (exact) mass is 527 g/mol. The van der Waals surface area contributed by atoms with Gasteiger partial charge in [-0.1, -0.05) is 12.1 Å². The fourth-order valence-electron chi connectivity index (χ4n) is 5.28. The highest BCUT2D eigenvalue weighted by Gasteiger charge is 2.41. The Balaban J connectivity index is 1.38. The second-order valence-electron chi connectivity index (χ2n) is 10.6. The fourth-order valence-corrected chi connectivity index (χ4v) is 5.28. The van der Waals surface area contributed by atoms with Crippen LogP contribution in [-0.4, -0.2) is 39.4 Å². The maximum atomic E-state index is 14.1. The van der Waals surface area contributed by atoms with Crippen molar-refractivity contribution in [2.45, 2.75) is 69.9 Å². The van der Waals surface area contributed by atoms with Crippen LogP contribution >= 0.6 is 0 Å². The van der Waals surface area contributed by atoms with E-state index in [1.807, 2.05) is 29.8 Å². The molecule has 10 heteroatoms. The smallest absolute Gasteiger partial charge is 0.381 e. The number of benzene rings is 2. The number of aryl methyl sites for hydroxylation is 1. The lowest BCUT2D eigenvalue weighted by Crippen LogP contribution is -2.47. The number of rotatable bonds is 9. The van der Waals surface area contributed by atoms with Gasteiger partial charge >= 0.3 is 6.18 Å². The van der Waals surface area contributed by atoms with Crippen LogP contribution in [0.1, 0.15) is 64.6 Å². The van der Waals surface area contributed by atoms with Crippen molar-refractivity contribution >= 4 is 11.6 Å². The molecule has 1 amide bonds. The molecule has 1 aromatic heterocycles. The Morgan fingerprint density at radius 2 is 1.95 bits per heavy atom. The molecule has 5 rings (SSSR count). The average molecular weight is 528 g/mol. The number of hydrogen-bond acceptors (Lipinski definition) is 5. The molecule has 3 aromatic rings. The number of ether oxygens (including phenoxy) is 1. The summed E-state index contributed by atoms with van der Waals surface area (Å²) in [6.07, 6.45) is 1.10. The predicted octanol–water partition coefficient (Wildman–Crippen LogP) is 4.83. The molecule has 1 atom stereocenters. The van der Waals surface area contributed by atoms with E-state index < -0.39 is 17.6 Å². The summed E-state index contributed by atoms with van der Waals surface area (Å²) < 4.78 is 49.7. The molecule has 2 aromatic carbocycles. The minimum Gasteiger partial charge on any atom is -0.381 e. The van der Waals surface area contributed by atoms with Gasteiger partial charge in [-0.05, 0) is 73.6 Å². The van der Waals surface area contributed by atoms with Crippen LogP contribution in [0.3, 0.4) is 0 Å². The summed E-state index contributed by atoms with van der Waals surface area (Å²) in [5, 5.41) is 11.4. The Morgan fingerprint density at radius 1 is 1.16 bits per heavy atom. The molecule has 1 aliphatic heterocycles. The summed E-state index contributed by atoms with van der Waals surface area (Å²) in [5.41, 5.74) is 1.31. The lowest BCUT2D eigenvalue weighted by atomic mass is 9.78. The molecular weight excluding hydrogens is 495 g/mol.